The highest BCUT2D eigenvalue weighted by molar-refractivity contribution is 4.94. The molecule has 88 valence electrons. The molecular weight excluding hydrogens is 184 g/mol. The van der Waals surface area contributed by atoms with Crippen LogP contribution in [0.25, 0.3) is 0 Å². The van der Waals surface area contributed by atoms with Gasteiger partial charge in [0.25, 0.3) is 0 Å². The van der Waals surface area contributed by atoms with Crippen molar-refractivity contribution in [2.75, 3.05) is 19.6 Å². The summed E-state index contributed by atoms with van der Waals surface area (Å²) in [4.78, 5) is 2.72. The van der Waals surface area contributed by atoms with Crippen molar-refractivity contribution >= 4 is 0 Å². The van der Waals surface area contributed by atoms with Gasteiger partial charge in [-0.25, -0.2) is 0 Å². The van der Waals surface area contributed by atoms with Gasteiger partial charge < -0.3 is 5.32 Å². The van der Waals surface area contributed by atoms with Crippen molar-refractivity contribution in [3.8, 4) is 0 Å². The minimum Gasteiger partial charge on any atom is -0.311 e. The molecule has 1 saturated heterocycles. The highest BCUT2D eigenvalue weighted by atomic mass is 15.3. The summed E-state index contributed by atoms with van der Waals surface area (Å²) in [6, 6.07) is 0.738. The first kappa shape index (κ1) is 11.4. The lowest BCUT2D eigenvalue weighted by atomic mass is 9.95. The van der Waals surface area contributed by atoms with Crippen molar-refractivity contribution in [2.45, 2.75) is 58.0 Å². The molecule has 0 spiro atoms. The zero-order valence-corrected chi connectivity index (χ0v) is 10.6. The Morgan fingerprint density at radius 2 is 2.07 bits per heavy atom. The highest BCUT2D eigenvalue weighted by Crippen LogP contribution is 2.33. The van der Waals surface area contributed by atoms with Crippen LogP contribution in [-0.2, 0) is 0 Å². The Morgan fingerprint density at radius 3 is 2.67 bits per heavy atom. The smallest absolute Gasteiger partial charge is 0.0278 e. The van der Waals surface area contributed by atoms with Crippen molar-refractivity contribution in [3.63, 3.8) is 0 Å². The quantitative estimate of drug-likeness (QED) is 0.765. The molecule has 1 heterocycles. The van der Waals surface area contributed by atoms with E-state index in [2.05, 4.69) is 31.0 Å². The predicted octanol–water partition coefficient (Wildman–Crippen LogP) is 2.25. The fourth-order valence-electron chi connectivity index (χ4n) is 2.56. The molecule has 0 bridgehead atoms. The maximum absolute atomic E-state index is 3.69. The first-order valence-electron chi connectivity index (χ1n) is 6.60. The molecule has 1 unspecified atom stereocenters. The lowest BCUT2D eigenvalue weighted by molar-refractivity contribution is 0.0593. The average Bonchev–Trinajstić information content (AvgIpc) is 2.95. The van der Waals surface area contributed by atoms with Crippen LogP contribution in [0.3, 0.4) is 0 Å². The monoisotopic (exact) mass is 210 g/mol. The van der Waals surface area contributed by atoms with E-state index in [4.69, 9.17) is 0 Å². The molecule has 2 rings (SSSR count). The third-order valence-electron chi connectivity index (χ3n) is 3.93. The summed E-state index contributed by atoms with van der Waals surface area (Å²) in [7, 11) is 0. The SMILES string of the molecule is CCCC1CN(CC2CC2)C(C)(C)CN1. The zero-order valence-electron chi connectivity index (χ0n) is 10.6. The number of hydrogen-bond acceptors (Lipinski definition) is 2. The molecule has 2 heteroatoms. The second kappa shape index (κ2) is 4.42. The molecule has 0 radical (unpaired) electrons. The molecule has 2 nitrogen and oxygen atoms in total. The Hall–Kier alpha value is -0.0800. The Balaban J connectivity index is 1.89. The Bertz CT molecular complexity index is 209. The molecule has 2 aliphatic rings. The van der Waals surface area contributed by atoms with Crippen LogP contribution in [0, 0.1) is 5.92 Å². The van der Waals surface area contributed by atoms with Gasteiger partial charge in [0.15, 0.2) is 0 Å². The Labute approximate surface area is 94.4 Å². The highest BCUT2D eigenvalue weighted by Gasteiger charge is 2.36. The first-order valence-corrected chi connectivity index (χ1v) is 6.60. The predicted molar refractivity (Wildman–Crippen MR) is 65.1 cm³/mol. The maximum Gasteiger partial charge on any atom is 0.0278 e. The lowest BCUT2D eigenvalue weighted by Gasteiger charge is -2.46. The van der Waals surface area contributed by atoms with Crippen molar-refractivity contribution in [1.29, 1.82) is 0 Å². The van der Waals surface area contributed by atoms with Crippen LogP contribution in [0.15, 0.2) is 0 Å². The Morgan fingerprint density at radius 1 is 1.33 bits per heavy atom. The van der Waals surface area contributed by atoms with Crippen molar-refractivity contribution in [2.24, 2.45) is 5.92 Å². The van der Waals surface area contributed by atoms with Crippen molar-refractivity contribution in [3.05, 3.63) is 0 Å². The van der Waals surface area contributed by atoms with Gasteiger partial charge in [0.2, 0.25) is 0 Å². The molecule has 1 aliphatic carbocycles. The molecule has 15 heavy (non-hydrogen) atoms. The molecule has 1 N–H and O–H groups in total. The summed E-state index contributed by atoms with van der Waals surface area (Å²) in [5.41, 5.74) is 0.368. The summed E-state index contributed by atoms with van der Waals surface area (Å²) in [5, 5.41) is 3.69. The summed E-state index contributed by atoms with van der Waals surface area (Å²) < 4.78 is 0. The lowest BCUT2D eigenvalue weighted by Crippen LogP contribution is -2.62. The molecule has 0 aromatic rings. The molecule has 0 amide bonds. The van der Waals surface area contributed by atoms with E-state index in [9.17, 15) is 0 Å². The number of rotatable bonds is 4. The second-order valence-corrected chi connectivity index (χ2v) is 6.03. The number of hydrogen-bond donors (Lipinski definition) is 1. The van der Waals surface area contributed by atoms with E-state index in [0.717, 1.165) is 18.5 Å². The van der Waals surface area contributed by atoms with Crippen LogP contribution in [0.1, 0.15) is 46.5 Å². The fourth-order valence-corrected chi connectivity index (χ4v) is 2.56. The van der Waals surface area contributed by atoms with Gasteiger partial charge in [0.1, 0.15) is 0 Å². The first-order chi connectivity index (χ1) is 7.12. The standard InChI is InChI=1S/C13H26N2/c1-4-5-12-9-15(8-11-6-7-11)13(2,3)10-14-12/h11-12,14H,4-10H2,1-3H3. The largest absolute Gasteiger partial charge is 0.311 e. The summed E-state index contributed by atoms with van der Waals surface area (Å²) in [6.07, 6.45) is 5.57. The average molecular weight is 210 g/mol. The molecule has 1 atom stereocenters. The van der Waals surface area contributed by atoms with Gasteiger partial charge in [0, 0.05) is 31.2 Å². The van der Waals surface area contributed by atoms with E-state index < -0.39 is 0 Å². The molecular formula is C13H26N2. The number of piperazine rings is 1. The van der Waals surface area contributed by atoms with E-state index in [0.29, 0.717) is 5.54 Å². The van der Waals surface area contributed by atoms with Crippen molar-refractivity contribution in [1.82, 2.24) is 10.2 Å². The van der Waals surface area contributed by atoms with Gasteiger partial charge in [-0.3, -0.25) is 4.90 Å². The third kappa shape index (κ3) is 2.94. The van der Waals surface area contributed by atoms with Gasteiger partial charge in [0.05, 0.1) is 0 Å². The van der Waals surface area contributed by atoms with E-state index in [1.54, 1.807) is 0 Å². The van der Waals surface area contributed by atoms with E-state index in [1.807, 2.05) is 0 Å². The van der Waals surface area contributed by atoms with Crippen LogP contribution in [-0.4, -0.2) is 36.1 Å². The van der Waals surface area contributed by atoms with Crippen LogP contribution in [0.5, 0.6) is 0 Å². The second-order valence-electron chi connectivity index (χ2n) is 6.03. The van der Waals surface area contributed by atoms with Gasteiger partial charge >= 0.3 is 0 Å². The molecule has 1 aliphatic heterocycles. The normalized spacial score (nSPS) is 31.8. The number of nitrogens with zero attached hydrogens (tertiary/aromatic N) is 1. The fraction of sp³-hybridized carbons (Fsp3) is 1.00. The van der Waals surface area contributed by atoms with Crippen LogP contribution in [0.4, 0.5) is 0 Å². The molecule has 0 aromatic carbocycles. The van der Waals surface area contributed by atoms with E-state index in [1.165, 1.54) is 38.8 Å². The van der Waals surface area contributed by atoms with Gasteiger partial charge in [-0.15, -0.1) is 0 Å². The van der Waals surface area contributed by atoms with Crippen LogP contribution >= 0.6 is 0 Å². The van der Waals surface area contributed by atoms with Crippen LogP contribution in [0.2, 0.25) is 0 Å². The molecule has 2 fully saturated rings. The minimum absolute atomic E-state index is 0.368. The van der Waals surface area contributed by atoms with Crippen LogP contribution < -0.4 is 5.32 Å². The summed E-state index contributed by atoms with van der Waals surface area (Å²) in [5.74, 6) is 1.02. The minimum atomic E-state index is 0.368. The van der Waals surface area contributed by atoms with Gasteiger partial charge in [-0.05, 0) is 39.0 Å². The molecule has 0 aromatic heterocycles. The topological polar surface area (TPSA) is 15.3 Å². The van der Waals surface area contributed by atoms with E-state index in [-0.39, 0.29) is 0 Å². The van der Waals surface area contributed by atoms with Gasteiger partial charge in [-0.1, -0.05) is 13.3 Å². The van der Waals surface area contributed by atoms with E-state index >= 15 is 0 Å². The zero-order chi connectivity index (χ0) is 10.9. The van der Waals surface area contributed by atoms with Gasteiger partial charge in [-0.2, -0.15) is 0 Å². The number of nitrogens with one attached hydrogen (secondary N) is 1. The third-order valence-corrected chi connectivity index (χ3v) is 3.93. The maximum atomic E-state index is 3.69. The molecule has 1 saturated carbocycles. The Kier molecular flexibility index (Phi) is 3.36. The summed E-state index contributed by atoms with van der Waals surface area (Å²) in [6.45, 7) is 10.8. The van der Waals surface area contributed by atoms with Crippen molar-refractivity contribution < 1.29 is 0 Å². The summed E-state index contributed by atoms with van der Waals surface area (Å²) >= 11 is 0.